The maximum Gasteiger partial charge on any atom is 0.326 e. The van der Waals surface area contributed by atoms with Crippen molar-refractivity contribution in [3.8, 4) is 5.75 Å². The van der Waals surface area contributed by atoms with E-state index in [2.05, 4.69) is 20.6 Å². The van der Waals surface area contributed by atoms with Crippen LogP contribution in [0.3, 0.4) is 0 Å². The van der Waals surface area contributed by atoms with Crippen molar-refractivity contribution in [1.82, 2.24) is 15.6 Å². The highest BCUT2D eigenvalue weighted by molar-refractivity contribution is 5.95. The highest BCUT2D eigenvalue weighted by Gasteiger charge is 2.27. The smallest absolute Gasteiger partial charge is 0.326 e. The second-order valence-corrected chi connectivity index (χ2v) is 9.37. The zero-order valence-corrected chi connectivity index (χ0v) is 22.3. The zero-order valence-electron chi connectivity index (χ0n) is 22.3. The van der Waals surface area contributed by atoms with Gasteiger partial charge in [0, 0.05) is 13.0 Å². The lowest BCUT2D eigenvalue weighted by Crippen LogP contribution is -2.41. The van der Waals surface area contributed by atoms with Gasteiger partial charge in [-0.05, 0) is 56.2 Å². The van der Waals surface area contributed by atoms with E-state index in [1.807, 2.05) is 38.1 Å². The maximum atomic E-state index is 12.8. The van der Waals surface area contributed by atoms with Crippen molar-refractivity contribution in [3.63, 3.8) is 0 Å². The number of amides is 2. The fraction of sp³-hybridized carbons (Fsp3) is 0.500. The van der Waals surface area contributed by atoms with Crippen molar-refractivity contribution >= 4 is 23.7 Å². The van der Waals surface area contributed by atoms with Gasteiger partial charge in [0.05, 0.1) is 7.11 Å². The van der Waals surface area contributed by atoms with Crippen LogP contribution >= 0.6 is 0 Å². The Morgan fingerprint density at radius 1 is 1.16 bits per heavy atom. The number of carboxylic acids is 1. The third kappa shape index (κ3) is 9.75. The topological polar surface area (TPSA) is 195 Å². The van der Waals surface area contributed by atoms with Crippen molar-refractivity contribution < 1.29 is 28.6 Å². The number of carbonyl (C=O) groups is 3. The standard InChI is InChI=1S/C26H38N6O6/c1-15(2)14-20(30-21(33)12-9-17-7-10-18(37-4)11-8-17)24-32-22(16(3)38-24)23(34)31-19(25(35)36)6-5-13-29-26(27)28/h7-8,10-11,15,19-20H,5-6,9,12-14H2,1-4H3,(H,30,33)(H,31,34)(H,35,36)(H4,27,28,29)/t19-,20?/m0/s1. The minimum absolute atomic E-state index is 0.0308. The molecule has 0 saturated carbocycles. The van der Waals surface area contributed by atoms with E-state index in [9.17, 15) is 19.5 Å². The van der Waals surface area contributed by atoms with E-state index in [4.69, 9.17) is 20.6 Å². The molecule has 0 aliphatic carbocycles. The van der Waals surface area contributed by atoms with E-state index in [0.29, 0.717) is 19.3 Å². The minimum atomic E-state index is -1.19. The molecule has 12 nitrogen and oxygen atoms in total. The summed E-state index contributed by atoms with van der Waals surface area (Å²) in [5.41, 5.74) is 11.5. The number of carbonyl (C=O) groups excluding carboxylic acids is 2. The Labute approximate surface area is 222 Å². The number of hydrogen-bond donors (Lipinski definition) is 5. The summed E-state index contributed by atoms with van der Waals surface area (Å²) >= 11 is 0. The molecule has 7 N–H and O–H groups in total. The Morgan fingerprint density at radius 3 is 2.42 bits per heavy atom. The van der Waals surface area contributed by atoms with Gasteiger partial charge in [0.25, 0.3) is 5.91 Å². The second-order valence-electron chi connectivity index (χ2n) is 9.37. The Kier molecular flexibility index (Phi) is 11.6. The molecule has 0 aliphatic heterocycles. The van der Waals surface area contributed by atoms with Gasteiger partial charge in [0.15, 0.2) is 11.7 Å². The van der Waals surface area contributed by atoms with Gasteiger partial charge >= 0.3 is 5.97 Å². The van der Waals surface area contributed by atoms with Crippen LogP contribution in [0.5, 0.6) is 5.75 Å². The molecule has 2 rings (SSSR count). The van der Waals surface area contributed by atoms with Gasteiger partial charge in [0.1, 0.15) is 23.6 Å². The van der Waals surface area contributed by atoms with Crippen molar-refractivity contribution in [2.45, 2.75) is 65.0 Å². The van der Waals surface area contributed by atoms with Crippen molar-refractivity contribution in [3.05, 3.63) is 47.2 Å². The van der Waals surface area contributed by atoms with Gasteiger partial charge in [-0.3, -0.25) is 14.6 Å². The lowest BCUT2D eigenvalue weighted by molar-refractivity contribution is -0.139. The van der Waals surface area contributed by atoms with E-state index < -0.39 is 24.0 Å². The van der Waals surface area contributed by atoms with Crippen LogP contribution in [0.25, 0.3) is 0 Å². The Balaban J connectivity index is 2.06. The number of rotatable bonds is 15. The molecular formula is C26H38N6O6. The minimum Gasteiger partial charge on any atom is -0.497 e. The highest BCUT2D eigenvalue weighted by atomic mass is 16.5. The lowest BCUT2D eigenvalue weighted by Gasteiger charge is -2.18. The summed E-state index contributed by atoms with van der Waals surface area (Å²) in [5.74, 6) is -0.771. The number of nitrogens with two attached hydrogens (primary N) is 2. The average Bonchev–Trinajstić information content (AvgIpc) is 3.25. The Hall–Kier alpha value is -4.09. The number of nitrogens with one attached hydrogen (secondary N) is 2. The summed E-state index contributed by atoms with van der Waals surface area (Å²) in [7, 11) is 1.60. The lowest BCUT2D eigenvalue weighted by atomic mass is 10.0. The van der Waals surface area contributed by atoms with Gasteiger partial charge in [0.2, 0.25) is 11.8 Å². The number of aromatic nitrogens is 1. The second kappa shape index (κ2) is 14.6. The van der Waals surface area contributed by atoms with E-state index in [1.165, 1.54) is 0 Å². The molecule has 1 unspecified atom stereocenters. The van der Waals surface area contributed by atoms with Gasteiger partial charge in [-0.15, -0.1) is 0 Å². The van der Waals surface area contributed by atoms with Gasteiger partial charge < -0.3 is 36.4 Å². The summed E-state index contributed by atoms with van der Waals surface area (Å²) < 4.78 is 10.9. The Bertz CT molecular complexity index is 1110. The predicted molar refractivity (Wildman–Crippen MR) is 142 cm³/mol. The van der Waals surface area contributed by atoms with E-state index >= 15 is 0 Å². The molecule has 0 saturated heterocycles. The molecule has 2 atom stereocenters. The fourth-order valence-corrected chi connectivity index (χ4v) is 3.77. The highest BCUT2D eigenvalue weighted by Crippen LogP contribution is 2.24. The molecule has 0 radical (unpaired) electrons. The summed E-state index contributed by atoms with van der Waals surface area (Å²) in [6.45, 7) is 5.81. The monoisotopic (exact) mass is 530 g/mol. The normalized spacial score (nSPS) is 12.4. The molecule has 1 heterocycles. The number of carboxylic acid groups (broad SMARTS) is 1. The quantitative estimate of drug-likeness (QED) is 0.130. The number of nitrogens with zero attached hydrogens (tertiary/aromatic N) is 2. The largest absolute Gasteiger partial charge is 0.497 e. The number of aliphatic imine (C=N–C) groups is 1. The van der Waals surface area contributed by atoms with Gasteiger partial charge in [-0.2, -0.15) is 0 Å². The van der Waals surface area contributed by atoms with Crippen LogP contribution in [0, 0.1) is 12.8 Å². The third-order valence-corrected chi connectivity index (χ3v) is 5.72. The predicted octanol–water partition coefficient (Wildman–Crippen LogP) is 2.06. The van der Waals surface area contributed by atoms with Gasteiger partial charge in [-0.1, -0.05) is 26.0 Å². The first-order valence-electron chi connectivity index (χ1n) is 12.5. The van der Waals surface area contributed by atoms with Crippen LogP contribution in [0.2, 0.25) is 0 Å². The summed E-state index contributed by atoms with van der Waals surface area (Å²) in [6.07, 6.45) is 1.83. The Morgan fingerprint density at radius 2 is 1.84 bits per heavy atom. The molecule has 12 heteroatoms. The summed E-state index contributed by atoms with van der Waals surface area (Å²) in [4.78, 5) is 45.4. The van der Waals surface area contributed by atoms with E-state index in [0.717, 1.165) is 11.3 Å². The number of hydrogen-bond acceptors (Lipinski definition) is 7. The number of methoxy groups -OCH3 is 1. The number of aryl methyl sites for hydroxylation is 2. The van der Waals surface area contributed by atoms with Crippen molar-refractivity contribution in [2.75, 3.05) is 13.7 Å². The maximum absolute atomic E-state index is 12.8. The number of oxazole rings is 1. The van der Waals surface area contributed by atoms with Crippen LogP contribution < -0.4 is 26.8 Å². The third-order valence-electron chi connectivity index (χ3n) is 5.72. The first kappa shape index (κ1) is 30.1. The molecule has 1 aromatic heterocycles. The number of guanidine groups is 1. The fourth-order valence-electron chi connectivity index (χ4n) is 3.77. The van der Waals surface area contributed by atoms with Crippen molar-refractivity contribution in [1.29, 1.82) is 0 Å². The van der Waals surface area contributed by atoms with Crippen LogP contribution in [0.4, 0.5) is 0 Å². The molecule has 0 bridgehead atoms. The number of aliphatic carboxylic acids is 1. The molecular weight excluding hydrogens is 492 g/mol. The molecule has 2 amide bonds. The van der Waals surface area contributed by atoms with Crippen LogP contribution in [0.1, 0.15) is 73.3 Å². The molecule has 0 fully saturated rings. The molecule has 38 heavy (non-hydrogen) atoms. The molecule has 0 aliphatic rings. The van der Waals surface area contributed by atoms with Crippen LogP contribution in [-0.4, -0.2) is 53.5 Å². The number of benzene rings is 1. The first-order valence-corrected chi connectivity index (χ1v) is 12.5. The van der Waals surface area contributed by atoms with Crippen molar-refractivity contribution in [2.24, 2.45) is 22.4 Å². The molecule has 1 aromatic carbocycles. The summed E-state index contributed by atoms with van der Waals surface area (Å²) in [5, 5.41) is 14.9. The molecule has 2 aromatic rings. The van der Waals surface area contributed by atoms with E-state index in [-0.39, 0.29) is 54.5 Å². The first-order chi connectivity index (χ1) is 18.0. The van der Waals surface area contributed by atoms with E-state index in [1.54, 1.807) is 14.0 Å². The van der Waals surface area contributed by atoms with Gasteiger partial charge in [-0.25, -0.2) is 9.78 Å². The zero-order chi connectivity index (χ0) is 28.2. The number of ether oxygens (including phenoxy) is 1. The van der Waals surface area contributed by atoms with Crippen LogP contribution in [0.15, 0.2) is 33.7 Å². The average molecular weight is 531 g/mol. The SMILES string of the molecule is COc1ccc(CCC(=O)NC(CC(C)C)c2nc(C(=O)N[C@@H](CCCN=C(N)N)C(=O)O)c(C)o2)cc1. The molecule has 208 valence electrons. The van der Waals surface area contributed by atoms with Crippen LogP contribution in [-0.2, 0) is 16.0 Å². The molecule has 0 spiro atoms. The summed E-state index contributed by atoms with van der Waals surface area (Å²) in [6, 6.07) is 5.80.